The van der Waals surface area contributed by atoms with Crippen LogP contribution in [-0.4, -0.2) is 28.8 Å². The van der Waals surface area contributed by atoms with E-state index in [0.29, 0.717) is 34.6 Å². The summed E-state index contributed by atoms with van der Waals surface area (Å²) in [6, 6.07) is 30.4. The van der Waals surface area contributed by atoms with Gasteiger partial charge in [0.2, 0.25) is 0 Å². The highest BCUT2D eigenvalue weighted by Crippen LogP contribution is 2.44. The molecule has 0 spiro atoms. The monoisotopic (exact) mass is 654 g/mol. The summed E-state index contributed by atoms with van der Waals surface area (Å²) in [6.45, 7) is 2.98. The second-order valence-electron chi connectivity index (χ2n) is 10.6. The van der Waals surface area contributed by atoms with Crippen LogP contribution in [0.3, 0.4) is 0 Å². The molecule has 8 heteroatoms. The Bertz CT molecular complexity index is 1530. The molecule has 1 saturated heterocycles. The maximum absolute atomic E-state index is 11.7. The van der Waals surface area contributed by atoms with Gasteiger partial charge in [0.1, 0.15) is 5.60 Å². The van der Waals surface area contributed by atoms with Gasteiger partial charge in [-0.2, -0.15) is 0 Å². The summed E-state index contributed by atoms with van der Waals surface area (Å²) in [5.41, 5.74) is 4.07. The van der Waals surface area contributed by atoms with Crippen molar-refractivity contribution in [1.82, 2.24) is 4.90 Å². The standard InChI is InChI=1S/C32H26BrCl3N2O2/c1-31(23-15-26(34)29(36)27(35)16-23)17-28(37-40-31)22-12-13-24(25(33)14-22)32(39)18-38(19-32)30(20-8-4-2-5-9-20)21-10-6-3-7-11-21/h2-16,30,39H,17-19H2,1H3. The third-order valence-corrected chi connectivity index (χ3v) is 9.64. The molecule has 0 radical (unpaired) electrons. The summed E-state index contributed by atoms with van der Waals surface area (Å²) >= 11 is 22.4. The van der Waals surface area contributed by atoms with Crippen LogP contribution in [0.2, 0.25) is 15.1 Å². The number of benzene rings is 4. The number of halogens is 4. The first-order valence-corrected chi connectivity index (χ1v) is 14.9. The lowest BCUT2D eigenvalue weighted by Crippen LogP contribution is -2.60. The normalized spacial score (nSPS) is 20.2. The van der Waals surface area contributed by atoms with Crippen molar-refractivity contribution >= 4 is 56.4 Å². The van der Waals surface area contributed by atoms with E-state index in [1.54, 1.807) is 12.1 Å². The van der Waals surface area contributed by atoms with Gasteiger partial charge < -0.3 is 9.94 Å². The molecule has 4 aromatic rings. The molecular formula is C32H26BrCl3N2O2. The molecule has 40 heavy (non-hydrogen) atoms. The van der Waals surface area contributed by atoms with Gasteiger partial charge in [0, 0.05) is 40.7 Å². The van der Waals surface area contributed by atoms with Gasteiger partial charge in [-0.15, -0.1) is 0 Å². The van der Waals surface area contributed by atoms with Gasteiger partial charge in [-0.1, -0.05) is 129 Å². The van der Waals surface area contributed by atoms with E-state index in [1.165, 1.54) is 11.1 Å². The first-order valence-electron chi connectivity index (χ1n) is 12.9. The van der Waals surface area contributed by atoms with Crippen LogP contribution in [0, 0.1) is 0 Å². The second kappa shape index (κ2) is 10.8. The van der Waals surface area contributed by atoms with Gasteiger partial charge in [0.25, 0.3) is 0 Å². The van der Waals surface area contributed by atoms with Crippen molar-refractivity contribution in [2.45, 2.75) is 30.6 Å². The fraction of sp³-hybridized carbons (Fsp3) is 0.219. The molecule has 1 fully saturated rings. The zero-order chi connectivity index (χ0) is 28.1. The Labute approximate surface area is 257 Å². The van der Waals surface area contributed by atoms with Crippen molar-refractivity contribution in [1.29, 1.82) is 0 Å². The zero-order valence-corrected chi connectivity index (χ0v) is 25.5. The largest absolute Gasteiger partial charge is 0.384 e. The third-order valence-electron chi connectivity index (χ3n) is 7.79. The summed E-state index contributed by atoms with van der Waals surface area (Å²) < 4.78 is 0.831. The molecule has 2 heterocycles. The SMILES string of the molecule is CC1(c2cc(Cl)c(Cl)c(Cl)c2)CC(c2ccc(C3(O)CN(C(c4ccccc4)c4ccccc4)C3)c(Br)c2)=NO1. The first kappa shape index (κ1) is 27.8. The van der Waals surface area contributed by atoms with Crippen LogP contribution in [0.15, 0.2) is 101 Å². The molecule has 6 rings (SSSR count). The fourth-order valence-electron chi connectivity index (χ4n) is 5.65. The van der Waals surface area contributed by atoms with Gasteiger partial charge in [0.05, 0.1) is 26.8 Å². The number of oxime groups is 1. The molecule has 2 aliphatic rings. The van der Waals surface area contributed by atoms with Crippen LogP contribution in [-0.2, 0) is 16.0 Å². The van der Waals surface area contributed by atoms with Gasteiger partial charge >= 0.3 is 0 Å². The predicted octanol–water partition coefficient (Wildman–Crippen LogP) is 8.74. The van der Waals surface area contributed by atoms with E-state index in [0.717, 1.165) is 26.9 Å². The second-order valence-corrected chi connectivity index (χ2v) is 12.7. The highest BCUT2D eigenvalue weighted by molar-refractivity contribution is 9.10. The molecule has 2 aliphatic heterocycles. The molecule has 4 aromatic carbocycles. The van der Waals surface area contributed by atoms with Crippen LogP contribution in [0.4, 0.5) is 0 Å². The van der Waals surface area contributed by atoms with Crippen LogP contribution in [0.25, 0.3) is 0 Å². The van der Waals surface area contributed by atoms with Crippen molar-refractivity contribution < 1.29 is 9.94 Å². The van der Waals surface area contributed by atoms with E-state index < -0.39 is 11.2 Å². The van der Waals surface area contributed by atoms with E-state index in [2.05, 4.69) is 74.5 Å². The third kappa shape index (κ3) is 5.09. The van der Waals surface area contributed by atoms with Crippen LogP contribution < -0.4 is 0 Å². The molecule has 204 valence electrons. The van der Waals surface area contributed by atoms with Crippen LogP contribution in [0.5, 0.6) is 0 Å². The topological polar surface area (TPSA) is 45.1 Å². The Hall–Kier alpha value is -2.38. The van der Waals surface area contributed by atoms with Crippen LogP contribution in [0.1, 0.15) is 47.2 Å². The van der Waals surface area contributed by atoms with Crippen molar-refractivity contribution in [3.8, 4) is 0 Å². The maximum Gasteiger partial charge on any atom is 0.165 e. The van der Waals surface area contributed by atoms with Crippen molar-refractivity contribution in [2.75, 3.05) is 13.1 Å². The minimum absolute atomic E-state index is 0.0678. The number of likely N-dealkylation sites (tertiary alicyclic amines) is 1. The summed E-state index contributed by atoms with van der Waals surface area (Å²) in [5.74, 6) is 0. The Morgan fingerprint density at radius 1 is 0.875 bits per heavy atom. The number of nitrogens with zero attached hydrogens (tertiary/aromatic N) is 2. The zero-order valence-electron chi connectivity index (χ0n) is 21.6. The van der Waals surface area contributed by atoms with E-state index in [1.807, 2.05) is 37.3 Å². The fourth-order valence-corrected chi connectivity index (χ4v) is 6.99. The van der Waals surface area contributed by atoms with E-state index in [9.17, 15) is 5.11 Å². The highest BCUT2D eigenvalue weighted by Gasteiger charge is 2.47. The molecule has 4 nitrogen and oxygen atoms in total. The smallest absolute Gasteiger partial charge is 0.165 e. The van der Waals surface area contributed by atoms with Crippen molar-refractivity contribution in [2.24, 2.45) is 5.16 Å². The summed E-state index contributed by atoms with van der Waals surface area (Å²) in [7, 11) is 0. The van der Waals surface area contributed by atoms with Gasteiger partial charge in [-0.05, 0) is 36.2 Å². The Morgan fingerprint density at radius 3 is 2.00 bits per heavy atom. The number of aliphatic hydroxyl groups is 1. The van der Waals surface area contributed by atoms with Crippen molar-refractivity contribution in [3.63, 3.8) is 0 Å². The van der Waals surface area contributed by atoms with Crippen molar-refractivity contribution in [3.05, 3.63) is 138 Å². The lowest BCUT2D eigenvalue weighted by atomic mass is 9.82. The van der Waals surface area contributed by atoms with Gasteiger partial charge in [0.15, 0.2) is 5.60 Å². The quantitative estimate of drug-likeness (QED) is 0.211. The maximum atomic E-state index is 11.7. The number of hydrogen-bond donors (Lipinski definition) is 1. The highest BCUT2D eigenvalue weighted by atomic mass is 79.9. The molecule has 0 aliphatic carbocycles. The molecule has 1 atom stereocenters. The lowest BCUT2D eigenvalue weighted by Gasteiger charge is -2.51. The Morgan fingerprint density at radius 2 is 1.45 bits per heavy atom. The molecule has 1 unspecified atom stereocenters. The number of β-amino-alcohol motifs (C(OH)–C–C–N with tert-alkyl or cyclic N) is 1. The lowest BCUT2D eigenvalue weighted by molar-refractivity contribution is -0.117. The summed E-state index contributed by atoms with van der Waals surface area (Å²) in [4.78, 5) is 8.21. The van der Waals surface area contributed by atoms with E-state index in [-0.39, 0.29) is 6.04 Å². The summed E-state index contributed by atoms with van der Waals surface area (Å²) in [6.07, 6.45) is 0.529. The summed E-state index contributed by atoms with van der Waals surface area (Å²) in [5, 5.41) is 17.1. The van der Waals surface area contributed by atoms with Gasteiger partial charge in [-0.25, -0.2) is 0 Å². The average Bonchev–Trinajstić information content (AvgIpc) is 3.35. The van der Waals surface area contributed by atoms with E-state index in [4.69, 9.17) is 39.6 Å². The molecule has 0 aromatic heterocycles. The molecule has 0 amide bonds. The molecule has 1 N–H and O–H groups in total. The Kier molecular flexibility index (Phi) is 7.49. The van der Waals surface area contributed by atoms with E-state index >= 15 is 0 Å². The minimum Gasteiger partial charge on any atom is -0.384 e. The molecule has 0 bridgehead atoms. The predicted molar refractivity (Wildman–Crippen MR) is 165 cm³/mol. The minimum atomic E-state index is -0.974. The number of hydrogen-bond acceptors (Lipinski definition) is 4. The van der Waals surface area contributed by atoms with Crippen LogP contribution >= 0.6 is 50.7 Å². The average molecular weight is 657 g/mol. The first-order chi connectivity index (χ1) is 19.2. The number of rotatable bonds is 6. The molecular weight excluding hydrogens is 631 g/mol. The van der Waals surface area contributed by atoms with Gasteiger partial charge in [-0.3, -0.25) is 4.90 Å². The Balaban J connectivity index is 1.20. The molecule has 0 saturated carbocycles.